The second kappa shape index (κ2) is 3.51. The molecule has 1 aliphatic heterocycles. The van der Waals surface area contributed by atoms with Crippen molar-refractivity contribution in [3.05, 3.63) is 29.8 Å². The molecule has 1 N–H and O–H groups in total. The SMILES string of the molecule is O=C(O)Cc1ccccc1N1CC2CC2C1. The van der Waals surface area contributed by atoms with E-state index < -0.39 is 5.97 Å². The van der Waals surface area contributed by atoms with Crippen LogP contribution in [-0.2, 0) is 11.2 Å². The van der Waals surface area contributed by atoms with Gasteiger partial charge in [-0.25, -0.2) is 0 Å². The molecule has 2 unspecified atom stereocenters. The van der Waals surface area contributed by atoms with E-state index in [4.69, 9.17) is 5.11 Å². The van der Waals surface area contributed by atoms with Gasteiger partial charge >= 0.3 is 5.97 Å². The summed E-state index contributed by atoms with van der Waals surface area (Å²) in [5, 5.41) is 8.88. The quantitative estimate of drug-likeness (QED) is 0.838. The van der Waals surface area contributed by atoms with Crippen molar-refractivity contribution in [2.45, 2.75) is 12.8 Å². The Labute approximate surface area is 94.7 Å². The molecule has 3 rings (SSSR count). The molecule has 3 nitrogen and oxygen atoms in total. The molecule has 1 saturated carbocycles. The zero-order valence-electron chi connectivity index (χ0n) is 9.10. The molecule has 1 aliphatic carbocycles. The number of hydrogen-bond donors (Lipinski definition) is 1. The summed E-state index contributed by atoms with van der Waals surface area (Å²) in [6.45, 7) is 2.22. The number of benzene rings is 1. The maximum Gasteiger partial charge on any atom is 0.307 e. The zero-order valence-corrected chi connectivity index (χ0v) is 9.10. The summed E-state index contributed by atoms with van der Waals surface area (Å²) in [7, 11) is 0. The van der Waals surface area contributed by atoms with Gasteiger partial charge in [0.05, 0.1) is 6.42 Å². The first-order chi connectivity index (χ1) is 7.74. The van der Waals surface area contributed by atoms with E-state index in [2.05, 4.69) is 4.90 Å². The highest BCUT2D eigenvalue weighted by molar-refractivity contribution is 5.73. The van der Waals surface area contributed by atoms with E-state index >= 15 is 0 Å². The summed E-state index contributed by atoms with van der Waals surface area (Å²) in [5.74, 6) is 0.993. The van der Waals surface area contributed by atoms with Crippen molar-refractivity contribution in [2.24, 2.45) is 11.8 Å². The van der Waals surface area contributed by atoms with E-state index in [1.807, 2.05) is 24.3 Å². The lowest BCUT2D eigenvalue weighted by Crippen LogP contribution is -2.23. The Kier molecular flexibility index (Phi) is 2.13. The van der Waals surface area contributed by atoms with E-state index in [9.17, 15) is 4.79 Å². The van der Waals surface area contributed by atoms with Gasteiger partial charge in [-0.3, -0.25) is 4.79 Å². The van der Waals surface area contributed by atoms with Crippen LogP contribution in [0.5, 0.6) is 0 Å². The Balaban J connectivity index is 1.84. The summed E-state index contributed by atoms with van der Waals surface area (Å²) in [5.41, 5.74) is 2.06. The first kappa shape index (κ1) is 9.70. The first-order valence-electron chi connectivity index (χ1n) is 5.78. The molecule has 0 aromatic heterocycles. The number of para-hydroxylation sites is 1. The molecule has 0 radical (unpaired) electrons. The maximum atomic E-state index is 10.8. The van der Waals surface area contributed by atoms with E-state index in [0.29, 0.717) is 0 Å². The predicted molar refractivity (Wildman–Crippen MR) is 61.6 cm³/mol. The van der Waals surface area contributed by atoms with Gasteiger partial charge in [0.15, 0.2) is 0 Å². The predicted octanol–water partition coefficient (Wildman–Crippen LogP) is 1.77. The topological polar surface area (TPSA) is 40.5 Å². The highest BCUT2D eigenvalue weighted by atomic mass is 16.4. The molecule has 2 fully saturated rings. The van der Waals surface area contributed by atoms with Gasteiger partial charge in [-0.2, -0.15) is 0 Å². The summed E-state index contributed by atoms with van der Waals surface area (Å²) in [6.07, 6.45) is 1.50. The van der Waals surface area contributed by atoms with Crippen LogP contribution in [0.1, 0.15) is 12.0 Å². The molecule has 1 heterocycles. The van der Waals surface area contributed by atoms with E-state index in [0.717, 1.165) is 36.2 Å². The van der Waals surface area contributed by atoms with Crippen molar-refractivity contribution in [2.75, 3.05) is 18.0 Å². The molecule has 1 aromatic rings. The Bertz CT molecular complexity index is 420. The number of hydrogen-bond acceptors (Lipinski definition) is 2. The van der Waals surface area contributed by atoms with Gasteiger partial charge < -0.3 is 10.0 Å². The molecular weight excluding hydrogens is 202 g/mol. The van der Waals surface area contributed by atoms with E-state index in [1.54, 1.807) is 0 Å². The minimum atomic E-state index is -0.753. The van der Waals surface area contributed by atoms with Gasteiger partial charge in [0.2, 0.25) is 0 Å². The van der Waals surface area contributed by atoms with Crippen LogP contribution in [-0.4, -0.2) is 24.2 Å². The number of carboxylic acid groups (broad SMARTS) is 1. The highest BCUT2D eigenvalue weighted by Crippen LogP contribution is 2.46. The molecule has 1 saturated heterocycles. The lowest BCUT2D eigenvalue weighted by molar-refractivity contribution is -0.136. The van der Waals surface area contributed by atoms with Crippen molar-refractivity contribution < 1.29 is 9.90 Å². The van der Waals surface area contributed by atoms with Crippen LogP contribution in [0.4, 0.5) is 5.69 Å². The third kappa shape index (κ3) is 1.66. The third-order valence-electron chi connectivity index (χ3n) is 3.65. The minimum Gasteiger partial charge on any atom is -0.481 e. The molecule has 1 aromatic carbocycles. The molecular formula is C13H15NO2. The number of carboxylic acids is 1. The fourth-order valence-corrected chi connectivity index (χ4v) is 2.73. The summed E-state index contributed by atoms with van der Waals surface area (Å²) in [6, 6.07) is 7.87. The number of aliphatic carboxylic acids is 1. The molecule has 2 aliphatic rings. The first-order valence-corrected chi connectivity index (χ1v) is 5.78. The Morgan fingerprint density at radius 3 is 2.69 bits per heavy atom. The summed E-state index contributed by atoms with van der Waals surface area (Å²) < 4.78 is 0. The number of nitrogens with zero attached hydrogens (tertiary/aromatic N) is 1. The monoisotopic (exact) mass is 217 g/mol. The number of anilines is 1. The van der Waals surface area contributed by atoms with Crippen molar-refractivity contribution in [1.29, 1.82) is 0 Å². The van der Waals surface area contributed by atoms with Gasteiger partial charge in [0.1, 0.15) is 0 Å². The summed E-state index contributed by atoms with van der Waals surface area (Å²) >= 11 is 0. The van der Waals surface area contributed by atoms with Gasteiger partial charge in [0, 0.05) is 18.8 Å². The van der Waals surface area contributed by atoms with Gasteiger partial charge in [-0.1, -0.05) is 18.2 Å². The van der Waals surface area contributed by atoms with Crippen LogP contribution in [0, 0.1) is 11.8 Å². The van der Waals surface area contributed by atoms with Crippen LogP contribution >= 0.6 is 0 Å². The summed E-state index contributed by atoms with van der Waals surface area (Å²) in [4.78, 5) is 13.1. The fourth-order valence-electron chi connectivity index (χ4n) is 2.73. The van der Waals surface area contributed by atoms with Gasteiger partial charge in [-0.15, -0.1) is 0 Å². The van der Waals surface area contributed by atoms with E-state index in [1.165, 1.54) is 6.42 Å². The van der Waals surface area contributed by atoms with Crippen molar-refractivity contribution in [1.82, 2.24) is 0 Å². The van der Waals surface area contributed by atoms with Crippen LogP contribution < -0.4 is 4.90 Å². The highest BCUT2D eigenvalue weighted by Gasteiger charge is 2.45. The van der Waals surface area contributed by atoms with Crippen molar-refractivity contribution in [3.63, 3.8) is 0 Å². The standard InChI is InChI=1S/C13H15NO2/c15-13(16)6-9-3-1-2-4-12(9)14-7-10-5-11(10)8-14/h1-4,10-11H,5-8H2,(H,15,16). The van der Waals surface area contributed by atoms with Gasteiger partial charge in [0.25, 0.3) is 0 Å². The van der Waals surface area contributed by atoms with Gasteiger partial charge in [-0.05, 0) is 29.9 Å². The van der Waals surface area contributed by atoms with Crippen LogP contribution in [0.25, 0.3) is 0 Å². The molecule has 2 atom stereocenters. The lowest BCUT2D eigenvalue weighted by atomic mass is 10.1. The van der Waals surface area contributed by atoms with Crippen LogP contribution in [0.3, 0.4) is 0 Å². The lowest BCUT2D eigenvalue weighted by Gasteiger charge is -2.22. The van der Waals surface area contributed by atoms with Crippen molar-refractivity contribution in [3.8, 4) is 0 Å². The largest absolute Gasteiger partial charge is 0.481 e. The number of fused-ring (bicyclic) bond motifs is 1. The number of carbonyl (C=O) groups is 1. The maximum absolute atomic E-state index is 10.8. The number of piperidine rings is 1. The van der Waals surface area contributed by atoms with Crippen LogP contribution in [0.2, 0.25) is 0 Å². The average molecular weight is 217 g/mol. The smallest absolute Gasteiger partial charge is 0.307 e. The average Bonchev–Trinajstić information content (AvgIpc) is 2.86. The second-order valence-electron chi connectivity index (χ2n) is 4.86. The molecule has 16 heavy (non-hydrogen) atoms. The zero-order chi connectivity index (χ0) is 11.1. The molecule has 0 spiro atoms. The number of rotatable bonds is 3. The third-order valence-corrected chi connectivity index (χ3v) is 3.65. The van der Waals surface area contributed by atoms with Crippen molar-refractivity contribution >= 4 is 11.7 Å². The van der Waals surface area contributed by atoms with Crippen LogP contribution in [0.15, 0.2) is 24.3 Å². The Hall–Kier alpha value is -1.51. The normalized spacial score (nSPS) is 26.6. The Morgan fingerprint density at radius 1 is 1.31 bits per heavy atom. The molecule has 3 heteroatoms. The minimum absolute atomic E-state index is 0.127. The molecule has 0 bridgehead atoms. The fraction of sp³-hybridized carbons (Fsp3) is 0.462. The van der Waals surface area contributed by atoms with E-state index in [-0.39, 0.29) is 6.42 Å². The second-order valence-corrected chi connectivity index (χ2v) is 4.86. The Morgan fingerprint density at radius 2 is 2.00 bits per heavy atom. The molecule has 0 amide bonds. The molecule has 84 valence electrons.